The molecule has 96 valence electrons. The van der Waals surface area contributed by atoms with Crippen LogP contribution in [0.25, 0.3) is 0 Å². The predicted molar refractivity (Wildman–Crippen MR) is 66.9 cm³/mol. The van der Waals surface area contributed by atoms with E-state index in [1.54, 1.807) is 4.90 Å². The maximum Gasteiger partial charge on any atom is 0.252 e. The van der Waals surface area contributed by atoms with Crippen LogP contribution in [0.4, 0.5) is 0 Å². The van der Waals surface area contributed by atoms with Crippen LogP contribution in [-0.2, 0) is 9.53 Å². The highest BCUT2D eigenvalue weighted by atomic mass is 35.5. The van der Waals surface area contributed by atoms with E-state index in [2.05, 4.69) is 26.1 Å². The van der Waals surface area contributed by atoms with E-state index in [4.69, 9.17) is 4.74 Å². The van der Waals surface area contributed by atoms with Crippen molar-refractivity contribution in [3.8, 4) is 0 Å². The highest BCUT2D eigenvalue weighted by Gasteiger charge is 2.26. The summed E-state index contributed by atoms with van der Waals surface area (Å²) in [5.41, 5.74) is 0.131. The number of nitrogens with zero attached hydrogens (tertiary/aromatic N) is 1. The molecule has 0 aromatic rings. The molecule has 0 aromatic carbocycles. The molecular formula is C11H23ClN2O2. The molecule has 0 aliphatic carbocycles. The van der Waals surface area contributed by atoms with Crippen molar-refractivity contribution in [2.45, 2.75) is 26.9 Å². The van der Waals surface area contributed by atoms with Crippen molar-refractivity contribution >= 4 is 18.3 Å². The normalized spacial score (nSPS) is 21.1. The number of morpholine rings is 1. The first-order valence-corrected chi connectivity index (χ1v) is 5.47. The molecular weight excluding hydrogens is 228 g/mol. The van der Waals surface area contributed by atoms with Crippen molar-refractivity contribution in [2.75, 3.05) is 33.3 Å². The summed E-state index contributed by atoms with van der Waals surface area (Å²) in [5.74, 6) is 0.0807. The summed E-state index contributed by atoms with van der Waals surface area (Å²) in [4.78, 5) is 13.7. The number of carbonyl (C=O) groups is 1. The molecule has 1 atom stereocenters. The van der Waals surface area contributed by atoms with Crippen LogP contribution in [0.15, 0.2) is 0 Å². The summed E-state index contributed by atoms with van der Waals surface area (Å²) < 4.78 is 5.42. The van der Waals surface area contributed by atoms with Crippen LogP contribution in [0.1, 0.15) is 20.8 Å². The fraction of sp³-hybridized carbons (Fsp3) is 0.909. The number of hydrogen-bond donors (Lipinski definition) is 1. The summed E-state index contributed by atoms with van der Waals surface area (Å²) in [6, 6.07) is 0. The van der Waals surface area contributed by atoms with Gasteiger partial charge in [0.05, 0.1) is 6.61 Å². The number of likely N-dealkylation sites (N-methyl/N-ethyl adjacent to an activating group) is 1. The Morgan fingerprint density at radius 3 is 2.56 bits per heavy atom. The summed E-state index contributed by atoms with van der Waals surface area (Å²) >= 11 is 0. The molecule has 5 heteroatoms. The third kappa shape index (κ3) is 5.14. The van der Waals surface area contributed by atoms with Gasteiger partial charge in [-0.3, -0.25) is 4.79 Å². The lowest BCUT2D eigenvalue weighted by atomic mass is 9.96. The maximum absolute atomic E-state index is 11.9. The molecule has 1 rings (SSSR count). The lowest BCUT2D eigenvalue weighted by Gasteiger charge is -2.31. The standard InChI is InChI=1S/C11H22N2O2.ClH/c1-11(2,3)8-13(4)10(14)9-7-12-5-6-15-9;/h9,12H,5-8H2,1-4H3;1H/t9-;/m1./s1. The fourth-order valence-electron chi connectivity index (χ4n) is 1.76. The number of rotatable bonds is 2. The molecule has 1 aliphatic rings. The minimum Gasteiger partial charge on any atom is -0.366 e. The van der Waals surface area contributed by atoms with Crippen LogP contribution in [0.2, 0.25) is 0 Å². The number of nitrogens with one attached hydrogen (secondary N) is 1. The van der Waals surface area contributed by atoms with E-state index in [0.29, 0.717) is 13.2 Å². The number of halogens is 1. The first-order valence-electron chi connectivity index (χ1n) is 5.47. The Morgan fingerprint density at radius 2 is 2.12 bits per heavy atom. The molecule has 1 heterocycles. The van der Waals surface area contributed by atoms with Crippen LogP contribution in [-0.4, -0.2) is 50.2 Å². The number of ether oxygens (including phenoxy) is 1. The van der Waals surface area contributed by atoms with Gasteiger partial charge in [0.25, 0.3) is 5.91 Å². The molecule has 0 bridgehead atoms. The first-order chi connectivity index (χ1) is 6.90. The van der Waals surface area contributed by atoms with E-state index in [1.165, 1.54) is 0 Å². The molecule has 4 nitrogen and oxygen atoms in total. The molecule has 0 unspecified atom stereocenters. The highest BCUT2D eigenvalue weighted by molar-refractivity contribution is 5.85. The van der Waals surface area contributed by atoms with Gasteiger partial charge in [-0.05, 0) is 5.41 Å². The Bertz CT molecular complexity index is 223. The van der Waals surface area contributed by atoms with Crippen LogP contribution < -0.4 is 5.32 Å². The quantitative estimate of drug-likeness (QED) is 0.792. The third-order valence-electron chi connectivity index (χ3n) is 2.29. The van der Waals surface area contributed by atoms with Gasteiger partial charge >= 0.3 is 0 Å². The van der Waals surface area contributed by atoms with Crippen LogP contribution >= 0.6 is 12.4 Å². The minimum atomic E-state index is -0.300. The molecule has 1 N–H and O–H groups in total. The molecule has 1 saturated heterocycles. The average Bonchev–Trinajstić information content (AvgIpc) is 2.15. The Kier molecular flexibility index (Phi) is 6.30. The van der Waals surface area contributed by atoms with Gasteiger partial charge < -0.3 is 15.0 Å². The van der Waals surface area contributed by atoms with E-state index in [1.807, 2.05) is 7.05 Å². The van der Waals surface area contributed by atoms with Crippen LogP contribution in [0.3, 0.4) is 0 Å². The smallest absolute Gasteiger partial charge is 0.252 e. The number of carbonyl (C=O) groups excluding carboxylic acids is 1. The van der Waals surface area contributed by atoms with E-state index in [0.717, 1.165) is 13.1 Å². The molecule has 0 aromatic heterocycles. The summed E-state index contributed by atoms with van der Waals surface area (Å²) in [6.07, 6.45) is -0.300. The average molecular weight is 251 g/mol. The SMILES string of the molecule is CN(CC(C)(C)C)C(=O)[C@H]1CNCCO1.Cl. The second-order valence-corrected chi connectivity index (χ2v) is 5.32. The van der Waals surface area contributed by atoms with Crippen molar-refractivity contribution in [1.29, 1.82) is 0 Å². The molecule has 1 amide bonds. The molecule has 0 saturated carbocycles. The van der Waals surface area contributed by atoms with Gasteiger partial charge in [0.1, 0.15) is 6.10 Å². The van der Waals surface area contributed by atoms with E-state index in [9.17, 15) is 4.79 Å². The van der Waals surface area contributed by atoms with E-state index >= 15 is 0 Å². The molecule has 0 radical (unpaired) electrons. The first kappa shape index (κ1) is 15.7. The van der Waals surface area contributed by atoms with Crippen molar-refractivity contribution in [2.24, 2.45) is 5.41 Å². The molecule has 1 fully saturated rings. The van der Waals surface area contributed by atoms with Gasteiger partial charge in [0.2, 0.25) is 0 Å². The fourth-order valence-corrected chi connectivity index (χ4v) is 1.76. The Morgan fingerprint density at radius 1 is 1.50 bits per heavy atom. The van der Waals surface area contributed by atoms with Crippen LogP contribution in [0, 0.1) is 5.41 Å². The predicted octanol–water partition coefficient (Wildman–Crippen LogP) is 0.901. The maximum atomic E-state index is 11.9. The van der Waals surface area contributed by atoms with Gasteiger partial charge in [0.15, 0.2) is 0 Å². The zero-order valence-corrected chi connectivity index (χ0v) is 11.4. The largest absolute Gasteiger partial charge is 0.366 e. The van der Waals surface area contributed by atoms with Gasteiger partial charge in [-0.25, -0.2) is 0 Å². The molecule has 16 heavy (non-hydrogen) atoms. The van der Waals surface area contributed by atoms with E-state index in [-0.39, 0.29) is 29.8 Å². The zero-order chi connectivity index (χ0) is 11.5. The monoisotopic (exact) mass is 250 g/mol. The topological polar surface area (TPSA) is 41.6 Å². The van der Waals surface area contributed by atoms with E-state index < -0.39 is 0 Å². The second kappa shape index (κ2) is 6.42. The Labute approximate surface area is 104 Å². The van der Waals surface area contributed by atoms with Gasteiger partial charge in [-0.15, -0.1) is 12.4 Å². The summed E-state index contributed by atoms with van der Waals surface area (Å²) in [5, 5.41) is 3.16. The van der Waals surface area contributed by atoms with Crippen LogP contribution in [0.5, 0.6) is 0 Å². The Hall–Kier alpha value is -0.320. The van der Waals surface area contributed by atoms with Crippen molar-refractivity contribution < 1.29 is 9.53 Å². The summed E-state index contributed by atoms with van der Waals surface area (Å²) in [6.45, 7) is 9.22. The molecule has 0 spiro atoms. The minimum absolute atomic E-state index is 0. The van der Waals surface area contributed by atoms with Crippen molar-refractivity contribution in [1.82, 2.24) is 10.2 Å². The third-order valence-corrected chi connectivity index (χ3v) is 2.29. The summed E-state index contributed by atoms with van der Waals surface area (Å²) in [7, 11) is 1.84. The van der Waals surface area contributed by atoms with Gasteiger partial charge in [-0.2, -0.15) is 0 Å². The van der Waals surface area contributed by atoms with Crippen molar-refractivity contribution in [3.05, 3.63) is 0 Å². The molecule has 1 aliphatic heterocycles. The lowest BCUT2D eigenvalue weighted by Crippen LogP contribution is -2.49. The zero-order valence-electron chi connectivity index (χ0n) is 10.6. The van der Waals surface area contributed by atoms with Crippen molar-refractivity contribution in [3.63, 3.8) is 0 Å². The van der Waals surface area contributed by atoms with Gasteiger partial charge in [0, 0.05) is 26.7 Å². The number of hydrogen-bond acceptors (Lipinski definition) is 3. The second-order valence-electron chi connectivity index (χ2n) is 5.32. The number of amides is 1. The lowest BCUT2D eigenvalue weighted by molar-refractivity contribution is -0.145. The van der Waals surface area contributed by atoms with Gasteiger partial charge in [-0.1, -0.05) is 20.8 Å². The highest BCUT2D eigenvalue weighted by Crippen LogP contribution is 2.15. The Balaban J connectivity index is 0.00000225.